The van der Waals surface area contributed by atoms with Crippen molar-refractivity contribution in [3.05, 3.63) is 30.3 Å². The van der Waals surface area contributed by atoms with E-state index in [1.54, 1.807) is 22.9 Å². The Labute approximate surface area is 104 Å². The number of sulfonamides is 1. The summed E-state index contributed by atoms with van der Waals surface area (Å²) in [7, 11) is -3.78. The Kier molecular flexibility index (Phi) is 5.14. The fourth-order valence-corrected chi connectivity index (χ4v) is 1.69. The van der Waals surface area contributed by atoms with Gasteiger partial charge in [-0.2, -0.15) is 0 Å². The summed E-state index contributed by atoms with van der Waals surface area (Å²) in [6.07, 6.45) is 0. The molecule has 71 valence electrons. The molecule has 0 heterocycles. The average molecular weight is 223 g/mol. The summed E-state index contributed by atoms with van der Waals surface area (Å²) in [5.74, 6) is 0. The molecule has 0 spiro atoms. The van der Waals surface area contributed by atoms with Crippen LogP contribution < -0.4 is 10.5 Å². The van der Waals surface area contributed by atoms with Gasteiger partial charge in [0.2, 0.25) is 0 Å². The summed E-state index contributed by atoms with van der Waals surface area (Å²) in [5.41, 5.74) is 4.69. The molecule has 7 heteroatoms. The van der Waals surface area contributed by atoms with E-state index in [2.05, 4.69) is 5.73 Å². The molecule has 0 unspecified atom stereocenters. The summed E-state index contributed by atoms with van der Waals surface area (Å²) in [6.45, 7) is 0. The molecule has 0 fully saturated rings. The van der Waals surface area contributed by atoms with Crippen LogP contribution in [0.3, 0.4) is 0 Å². The minimum Gasteiger partial charge on any atom is -0.351 e. The molecule has 14 heavy (non-hydrogen) atoms. The molecule has 0 atom stereocenters. The third kappa shape index (κ3) is 3.67. The van der Waals surface area contributed by atoms with Gasteiger partial charge in [-0.15, -0.1) is 0 Å². The Hall–Kier alpha value is -0.560. The molecule has 0 saturated carbocycles. The molecule has 1 radical (unpaired) electrons. The molecule has 0 aromatic heterocycles. The number of primary amides is 1. The SMILES string of the molecule is NC(=O)NS(=O)(=O)c1ccccc1.[Na]. The van der Waals surface area contributed by atoms with Gasteiger partial charge in [0.15, 0.2) is 0 Å². The Morgan fingerprint density at radius 1 is 1.21 bits per heavy atom. The van der Waals surface area contributed by atoms with Crippen molar-refractivity contribution in [1.29, 1.82) is 0 Å². The number of hydrogen-bond donors (Lipinski definition) is 2. The van der Waals surface area contributed by atoms with Gasteiger partial charge in [-0.05, 0) is 12.1 Å². The zero-order valence-corrected chi connectivity index (χ0v) is 10.4. The first-order chi connectivity index (χ1) is 6.02. The maximum absolute atomic E-state index is 11.2. The second-order valence-electron chi connectivity index (χ2n) is 2.28. The largest absolute Gasteiger partial charge is 0.351 e. The molecule has 0 saturated heterocycles. The Morgan fingerprint density at radius 3 is 2.14 bits per heavy atom. The van der Waals surface area contributed by atoms with Crippen molar-refractivity contribution in [3.8, 4) is 0 Å². The molecular weight excluding hydrogens is 215 g/mol. The molecule has 1 aromatic rings. The molecule has 3 N–H and O–H groups in total. The first kappa shape index (κ1) is 13.4. The molecule has 5 nitrogen and oxygen atoms in total. The van der Waals surface area contributed by atoms with Crippen molar-refractivity contribution in [3.63, 3.8) is 0 Å². The van der Waals surface area contributed by atoms with Gasteiger partial charge in [0.05, 0.1) is 4.90 Å². The second-order valence-corrected chi connectivity index (χ2v) is 3.97. The standard InChI is InChI=1S/C7H8N2O3S.Na/c8-7(10)9-13(11,12)6-4-2-1-3-5-6;/h1-5H,(H3,8,9,10);. The second kappa shape index (κ2) is 5.35. The predicted octanol–water partition coefficient (Wildman–Crippen LogP) is -0.337. The zero-order chi connectivity index (χ0) is 9.90. The van der Waals surface area contributed by atoms with Crippen molar-refractivity contribution < 1.29 is 13.2 Å². The van der Waals surface area contributed by atoms with Gasteiger partial charge in [-0.25, -0.2) is 17.9 Å². The van der Waals surface area contributed by atoms with E-state index in [0.717, 1.165) is 0 Å². The van der Waals surface area contributed by atoms with Crippen LogP contribution in [0.15, 0.2) is 35.2 Å². The van der Waals surface area contributed by atoms with Crippen LogP contribution in [0.4, 0.5) is 4.79 Å². The molecule has 0 aliphatic rings. The van der Waals surface area contributed by atoms with Crippen LogP contribution in [0.25, 0.3) is 0 Å². The van der Waals surface area contributed by atoms with Crippen LogP contribution in [0.5, 0.6) is 0 Å². The van der Waals surface area contributed by atoms with Crippen molar-refractivity contribution in [1.82, 2.24) is 4.72 Å². The number of hydrogen-bond acceptors (Lipinski definition) is 3. The normalized spacial score (nSPS) is 10.0. The number of carbonyl (C=O) groups excluding carboxylic acids is 1. The van der Waals surface area contributed by atoms with Crippen LogP contribution in [0.1, 0.15) is 0 Å². The average Bonchev–Trinajstić information content (AvgIpc) is 2.04. The molecule has 2 amide bonds. The molecule has 0 aliphatic heterocycles. The van der Waals surface area contributed by atoms with Crippen molar-refractivity contribution in [2.45, 2.75) is 4.90 Å². The van der Waals surface area contributed by atoms with Crippen LogP contribution in [-0.4, -0.2) is 44.0 Å². The summed E-state index contributed by atoms with van der Waals surface area (Å²) in [5, 5.41) is 0. The Balaban J connectivity index is 0.00000169. The monoisotopic (exact) mass is 223 g/mol. The van der Waals surface area contributed by atoms with Crippen molar-refractivity contribution >= 4 is 45.6 Å². The maximum Gasteiger partial charge on any atom is 0.326 e. The number of carbonyl (C=O) groups is 1. The molecular formula is C7H8N2NaO3S. The van der Waals surface area contributed by atoms with E-state index in [4.69, 9.17) is 0 Å². The third-order valence-electron chi connectivity index (χ3n) is 1.29. The van der Waals surface area contributed by atoms with Gasteiger partial charge in [0.1, 0.15) is 0 Å². The van der Waals surface area contributed by atoms with E-state index in [-0.39, 0.29) is 34.5 Å². The third-order valence-corrected chi connectivity index (χ3v) is 2.65. The van der Waals surface area contributed by atoms with Crippen LogP contribution in [0.2, 0.25) is 0 Å². The fourth-order valence-electron chi connectivity index (χ4n) is 0.791. The number of amides is 2. The fraction of sp³-hybridized carbons (Fsp3) is 0. The minimum absolute atomic E-state index is 0. The molecule has 0 aliphatic carbocycles. The quantitative estimate of drug-likeness (QED) is 0.672. The van der Waals surface area contributed by atoms with Gasteiger partial charge < -0.3 is 5.73 Å². The first-order valence-electron chi connectivity index (χ1n) is 3.40. The van der Waals surface area contributed by atoms with E-state index < -0.39 is 16.1 Å². The van der Waals surface area contributed by atoms with Gasteiger partial charge in [-0.1, -0.05) is 18.2 Å². The van der Waals surface area contributed by atoms with Gasteiger partial charge >= 0.3 is 6.03 Å². The molecule has 1 aromatic carbocycles. The van der Waals surface area contributed by atoms with E-state index in [1.807, 2.05) is 0 Å². The topological polar surface area (TPSA) is 89.3 Å². The van der Waals surface area contributed by atoms with E-state index >= 15 is 0 Å². The van der Waals surface area contributed by atoms with Gasteiger partial charge in [0, 0.05) is 29.6 Å². The Morgan fingerprint density at radius 2 is 1.71 bits per heavy atom. The summed E-state index contributed by atoms with van der Waals surface area (Å²) < 4.78 is 24.1. The summed E-state index contributed by atoms with van der Waals surface area (Å²) >= 11 is 0. The number of rotatable bonds is 2. The van der Waals surface area contributed by atoms with Crippen molar-refractivity contribution in [2.24, 2.45) is 5.73 Å². The van der Waals surface area contributed by atoms with Crippen LogP contribution in [0, 0.1) is 0 Å². The summed E-state index contributed by atoms with van der Waals surface area (Å²) in [4.78, 5) is 10.3. The van der Waals surface area contributed by atoms with E-state index in [0.29, 0.717) is 0 Å². The van der Waals surface area contributed by atoms with Crippen LogP contribution >= 0.6 is 0 Å². The zero-order valence-electron chi connectivity index (χ0n) is 7.60. The van der Waals surface area contributed by atoms with Crippen LogP contribution in [-0.2, 0) is 10.0 Å². The number of benzene rings is 1. The minimum atomic E-state index is -3.78. The van der Waals surface area contributed by atoms with E-state index in [1.165, 1.54) is 12.1 Å². The van der Waals surface area contributed by atoms with Crippen molar-refractivity contribution in [2.75, 3.05) is 0 Å². The van der Waals surface area contributed by atoms with Gasteiger partial charge in [-0.3, -0.25) is 0 Å². The maximum atomic E-state index is 11.2. The molecule has 0 bridgehead atoms. The number of nitrogens with two attached hydrogens (primary N) is 1. The smallest absolute Gasteiger partial charge is 0.326 e. The number of urea groups is 1. The first-order valence-corrected chi connectivity index (χ1v) is 4.88. The molecule has 1 rings (SSSR count). The van der Waals surface area contributed by atoms with E-state index in [9.17, 15) is 13.2 Å². The predicted molar refractivity (Wildman–Crippen MR) is 52.1 cm³/mol. The number of nitrogens with one attached hydrogen (secondary N) is 1. The van der Waals surface area contributed by atoms with Gasteiger partial charge in [0.25, 0.3) is 10.0 Å². The summed E-state index contributed by atoms with van der Waals surface area (Å²) in [6, 6.07) is 6.41. The Bertz CT molecular complexity index is 404.